The first-order chi connectivity index (χ1) is 11.3. The molecule has 0 atom stereocenters. The zero-order valence-electron chi connectivity index (χ0n) is 14.3. The van der Waals surface area contributed by atoms with Gasteiger partial charge in [0.05, 0.1) is 23.9 Å². The number of rotatable bonds is 2. The molecule has 1 N–H and O–H groups in total. The summed E-state index contributed by atoms with van der Waals surface area (Å²) < 4.78 is 7.30. The van der Waals surface area contributed by atoms with E-state index in [1.54, 1.807) is 12.5 Å². The zero-order chi connectivity index (χ0) is 17.3. The summed E-state index contributed by atoms with van der Waals surface area (Å²) in [6.45, 7) is 5.53. The summed E-state index contributed by atoms with van der Waals surface area (Å²) >= 11 is 0. The van der Waals surface area contributed by atoms with Crippen molar-refractivity contribution in [3.05, 3.63) is 48.9 Å². The molecule has 0 aliphatic heterocycles. The summed E-state index contributed by atoms with van der Waals surface area (Å²) in [6.07, 6.45) is 3.05. The number of imidazole rings is 1. The lowest BCUT2D eigenvalue weighted by Gasteiger charge is -2.21. The van der Waals surface area contributed by atoms with E-state index in [4.69, 9.17) is 4.74 Å². The van der Waals surface area contributed by atoms with Crippen molar-refractivity contribution in [2.75, 3.05) is 5.32 Å². The van der Waals surface area contributed by atoms with Gasteiger partial charge in [0.15, 0.2) is 0 Å². The Morgan fingerprint density at radius 2 is 1.83 bits per heavy atom. The molecule has 0 aliphatic carbocycles. The van der Waals surface area contributed by atoms with Crippen LogP contribution < -0.4 is 5.32 Å². The van der Waals surface area contributed by atoms with E-state index in [2.05, 4.69) is 16.4 Å². The number of aryl methyl sites for hydroxylation is 1. The Morgan fingerprint density at radius 3 is 2.42 bits per heavy atom. The molecule has 1 amide bonds. The SMILES string of the molecule is Cn1cncc1-c1cc2ccccc2cc1NC(=O)OC(C)(C)C. The van der Waals surface area contributed by atoms with Crippen molar-refractivity contribution in [1.82, 2.24) is 9.55 Å². The molecular formula is C19H21N3O2. The third kappa shape index (κ3) is 3.40. The summed E-state index contributed by atoms with van der Waals surface area (Å²) in [5.74, 6) is 0. The fourth-order valence-electron chi connectivity index (χ4n) is 2.59. The Kier molecular flexibility index (Phi) is 4.01. The van der Waals surface area contributed by atoms with Crippen molar-refractivity contribution in [3.8, 4) is 11.3 Å². The number of nitrogens with one attached hydrogen (secondary N) is 1. The van der Waals surface area contributed by atoms with Crippen LogP contribution >= 0.6 is 0 Å². The molecule has 5 heteroatoms. The molecular weight excluding hydrogens is 302 g/mol. The lowest BCUT2D eigenvalue weighted by atomic mass is 10.0. The van der Waals surface area contributed by atoms with Crippen molar-refractivity contribution >= 4 is 22.6 Å². The summed E-state index contributed by atoms with van der Waals surface area (Å²) in [5.41, 5.74) is 1.98. The largest absolute Gasteiger partial charge is 0.444 e. The number of anilines is 1. The molecule has 3 aromatic rings. The Labute approximate surface area is 141 Å². The van der Waals surface area contributed by atoms with Gasteiger partial charge in [0.1, 0.15) is 5.60 Å². The number of carbonyl (C=O) groups excluding carboxylic acids is 1. The predicted octanol–water partition coefficient (Wildman–Crippen LogP) is 4.59. The predicted molar refractivity (Wildman–Crippen MR) is 96.0 cm³/mol. The van der Waals surface area contributed by atoms with Crippen LogP contribution in [0.5, 0.6) is 0 Å². The number of aromatic nitrogens is 2. The van der Waals surface area contributed by atoms with Gasteiger partial charge in [-0.25, -0.2) is 9.78 Å². The number of hydrogen-bond donors (Lipinski definition) is 1. The van der Waals surface area contributed by atoms with Crippen molar-refractivity contribution in [1.29, 1.82) is 0 Å². The normalized spacial score (nSPS) is 11.5. The molecule has 0 saturated heterocycles. The topological polar surface area (TPSA) is 56.2 Å². The maximum atomic E-state index is 12.2. The van der Waals surface area contributed by atoms with Crippen LogP contribution in [-0.2, 0) is 11.8 Å². The molecule has 0 saturated carbocycles. The quantitative estimate of drug-likeness (QED) is 0.750. The van der Waals surface area contributed by atoms with Crippen molar-refractivity contribution in [2.24, 2.45) is 7.05 Å². The van der Waals surface area contributed by atoms with Crippen LogP contribution in [0.15, 0.2) is 48.9 Å². The van der Waals surface area contributed by atoms with E-state index in [0.717, 1.165) is 22.0 Å². The highest BCUT2D eigenvalue weighted by Crippen LogP contribution is 2.32. The lowest BCUT2D eigenvalue weighted by Crippen LogP contribution is -2.27. The molecule has 0 unspecified atom stereocenters. The fourth-order valence-corrected chi connectivity index (χ4v) is 2.59. The Balaban J connectivity index is 2.07. The second kappa shape index (κ2) is 6.00. The minimum Gasteiger partial charge on any atom is -0.444 e. The number of hydrogen-bond acceptors (Lipinski definition) is 3. The van der Waals surface area contributed by atoms with Crippen molar-refractivity contribution in [3.63, 3.8) is 0 Å². The number of ether oxygens (including phenoxy) is 1. The average Bonchev–Trinajstić information content (AvgIpc) is 2.90. The molecule has 0 spiro atoms. The number of nitrogens with zero attached hydrogens (tertiary/aromatic N) is 2. The van der Waals surface area contributed by atoms with Gasteiger partial charge in [-0.15, -0.1) is 0 Å². The fraction of sp³-hybridized carbons (Fsp3) is 0.263. The number of amides is 1. The van der Waals surface area contributed by atoms with Gasteiger partial charge < -0.3 is 9.30 Å². The van der Waals surface area contributed by atoms with Crippen LogP contribution in [0.4, 0.5) is 10.5 Å². The molecule has 2 aromatic carbocycles. The molecule has 0 bridgehead atoms. The van der Waals surface area contributed by atoms with Gasteiger partial charge in [-0.1, -0.05) is 24.3 Å². The van der Waals surface area contributed by atoms with E-state index < -0.39 is 11.7 Å². The standard InChI is InChI=1S/C19H21N3O2/c1-19(2,3)24-18(23)21-16-10-14-8-6-5-7-13(14)9-15(16)17-11-20-12-22(17)4/h5-12H,1-4H3,(H,21,23). The van der Waals surface area contributed by atoms with Gasteiger partial charge in [0.25, 0.3) is 0 Å². The molecule has 1 aromatic heterocycles. The molecule has 5 nitrogen and oxygen atoms in total. The second-order valence-corrected chi connectivity index (χ2v) is 6.76. The van der Waals surface area contributed by atoms with Gasteiger partial charge in [-0.2, -0.15) is 0 Å². The summed E-state index contributed by atoms with van der Waals surface area (Å²) in [5, 5.41) is 5.02. The molecule has 0 fully saturated rings. The summed E-state index contributed by atoms with van der Waals surface area (Å²) in [6, 6.07) is 12.1. The van der Waals surface area contributed by atoms with Crippen LogP contribution in [0.25, 0.3) is 22.0 Å². The number of benzene rings is 2. The smallest absolute Gasteiger partial charge is 0.412 e. The van der Waals surface area contributed by atoms with E-state index in [1.807, 2.05) is 62.7 Å². The lowest BCUT2D eigenvalue weighted by molar-refractivity contribution is 0.0636. The minimum absolute atomic E-state index is 0.471. The third-order valence-corrected chi connectivity index (χ3v) is 3.61. The molecule has 1 heterocycles. The molecule has 24 heavy (non-hydrogen) atoms. The van der Waals surface area contributed by atoms with Gasteiger partial charge in [0, 0.05) is 12.6 Å². The maximum Gasteiger partial charge on any atom is 0.412 e. The van der Waals surface area contributed by atoms with Gasteiger partial charge in [-0.3, -0.25) is 5.32 Å². The Hall–Kier alpha value is -2.82. The third-order valence-electron chi connectivity index (χ3n) is 3.61. The maximum absolute atomic E-state index is 12.2. The highest BCUT2D eigenvalue weighted by molar-refractivity contribution is 5.98. The molecule has 0 aliphatic rings. The first-order valence-electron chi connectivity index (χ1n) is 7.83. The molecule has 3 rings (SSSR count). The van der Waals surface area contributed by atoms with Crippen LogP contribution in [0.1, 0.15) is 20.8 Å². The van der Waals surface area contributed by atoms with Gasteiger partial charge in [-0.05, 0) is 43.7 Å². The molecule has 0 radical (unpaired) electrons. The van der Waals surface area contributed by atoms with Crippen LogP contribution in [0, 0.1) is 0 Å². The first kappa shape index (κ1) is 16.1. The average molecular weight is 323 g/mol. The highest BCUT2D eigenvalue weighted by Gasteiger charge is 2.18. The van der Waals surface area contributed by atoms with Crippen molar-refractivity contribution < 1.29 is 9.53 Å². The van der Waals surface area contributed by atoms with Gasteiger partial charge in [0.2, 0.25) is 0 Å². The number of carbonyl (C=O) groups is 1. The van der Waals surface area contributed by atoms with Crippen molar-refractivity contribution in [2.45, 2.75) is 26.4 Å². The van der Waals surface area contributed by atoms with Crippen LogP contribution in [0.2, 0.25) is 0 Å². The zero-order valence-corrected chi connectivity index (χ0v) is 14.3. The van der Waals surface area contributed by atoms with Crippen LogP contribution in [-0.4, -0.2) is 21.2 Å². The Morgan fingerprint density at radius 1 is 1.17 bits per heavy atom. The highest BCUT2D eigenvalue weighted by atomic mass is 16.6. The van der Waals surface area contributed by atoms with Crippen LogP contribution in [0.3, 0.4) is 0 Å². The first-order valence-corrected chi connectivity index (χ1v) is 7.83. The van der Waals surface area contributed by atoms with E-state index in [0.29, 0.717) is 5.69 Å². The van der Waals surface area contributed by atoms with E-state index in [9.17, 15) is 4.79 Å². The summed E-state index contributed by atoms with van der Waals surface area (Å²) in [7, 11) is 1.93. The van der Waals surface area contributed by atoms with E-state index >= 15 is 0 Å². The second-order valence-electron chi connectivity index (χ2n) is 6.76. The summed E-state index contributed by atoms with van der Waals surface area (Å²) in [4.78, 5) is 16.4. The van der Waals surface area contributed by atoms with E-state index in [-0.39, 0.29) is 0 Å². The minimum atomic E-state index is -0.548. The Bertz CT molecular complexity index is 891. The van der Waals surface area contributed by atoms with Gasteiger partial charge >= 0.3 is 6.09 Å². The monoisotopic (exact) mass is 323 g/mol. The molecule has 124 valence electrons. The van der Waals surface area contributed by atoms with E-state index in [1.165, 1.54) is 0 Å². The number of fused-ring (bicyclic) bond motifs is 1.